The van der Waals surface area contributed by atoms with Crippen LogP contribution in [0.5, 0.6) is 0 Å². The number of hydrogen-bond donors (Lipinski definition) is 1. The number of carbonyl (C=O) groups is 1. The third kappa shape index (κ3) is 7.33. The van der Waals surface area contributed by atoms with E-state index in [9.17, 15) is 18.0 Å². The molecule has 0 saturated heterocycles. The molecule has 0 amide bonds. The summed E-state index contributed by atoms with van der Waals surface area (Å²) in [5, 5.41) is 1.91. The molecule has 0 saturated carbocycles. The summed E-state index contributed by atoms with van der Waals surface area (Å²) in [6.07, 6.45) is -4.29. The minimum absolute atomic E-state index is 0.173. The molecule has 0 unspecified atom stereocenters. The van der Waals surface area contributed by atoms with Gasteiger partial charge in [0.25, 0.3) is 0 Å². The van der Waals surface area contributed by atoms with E-state index in [1.165, 1.54) is 0 Å². The zero-order valence-electron chi connectivity index (χ0n) is 6.57. The highest BCUT2D eigenvalue weighted by molar-refractivity contribution is 5.71. The molecule has 0 aromatic carbocycles. The smallest absolute Gasteiger partial charge is 0.401 e. The quantitative estimate of drug-likeness (QED) is 0.655. The van der Waals surface area contributed by atoms with Crippen LogP contribution >= 0.6 is 0 Å². The van der Waals surface area contributed by atoms with Gasteiger partial charge in [0.15, 0.2) is 0 Å². The van der Waals surface area contributed by atoms with Gasteiger partial charge in [0.05, 0.1) is 19.7 Å². The Labute approximate surface area is 67.9 Å². The normalized spacial score (nSPS) is 11.3. The largest absolute Gasteiger partial charge is 0.465 e. The van der Waals surface area contributed by atoms with Crippen molar-refractivity contribution in [3.63, 3.8) is 0 Å². The summed E-state index contributed by atoms with van der Waals surface area (Å²) in [6, 6.07) is 0. The fourth-order valence-corrected chi connectivity index (χ4v) is 0.518. The van der Waals surface area contributed by atoms with Crippen molar-refractivity contribution in [1.82, 2.24) is 5.32 Å². The number of alkyl halides is 3. The van der Waals surface area contributed by atoms with Crippen molar-refractivity contribution in [2.24, 2.45) is 0 Å². The fraction of sp³-hybridized carbons (Fsp3) is 0.833. The van der Waals surface area contributed by atoms with Gasteiger partial charge in [0, 0.05) is 0 Å². The molecule has 6 heteroatoms. The molecular formula is C6H10F3NO2. The maximum atomic E-state index is 11.5. The molecule has 12 heavy (non-hydrogen) atoms. The van der Waals surface area contributed by atoms with Crippen LogP contribution in [0, 0.1) is 0 Å². The van der Waals surface area contributed by atoms with Crippen LogP contribution in [-0.2, 0) is 9.53 Å². The molecular weight excluding hydrogens is 175 g/mol. The summed E-state index contributed by atoms with van der Waals surface area (Å²) in [4.78, 5) is 10.5. The molecule has 72 valence electrons. The van der Waals surface area contributed by atoms with Crippen LogP contribution in [0.15, 0.2) is 0 Å². The van der Waals surface area contributed by atoms with Crippen molar-refractivity contribution in [2.75, 3.05) is 19.7 Å². The second kappa shape index (κ2) is 4.97. The number of hydrogen-bond acceptors (Lipinski definition) is 3. The first-order valence-corrected chi connectivity index (χ1v) is 3.39. The van der Waals surface area contributed by atoms with Crippen LogP contribution in [0.4, 0.5) is 13.2 Å². The molecule has 1 N–H and O–H groups in total. The van der Waals surface area contributed by atoms with E-state index >= 15 is 0 Å². The van der Waals surface area contributed by atoms with Crippen LogP contribution in [0.3, 0.4) is 0 Å². The maximum Gasteiger partial charge on any atom is 0.401 e. The van der Waals surface area contributed by atoms with Gasteiger partial charge in [-0.25, -0.2) is 0 Å². The highest BCUT2D eigenvalue weighted by atomic mass is 19.4. The van der Waals surface area contributed by atoms with Crippen LogP contribution in [0.1, 0.15) is 6.92 Å². The Morgan fingerprint density at radius 3 is 2.50 bits per heavy atom. The summed E-state index contributed by atoms with van der Waals surface area (Å²) < 4.78 is 38.8. The number of ether oxygens (including phenoxy) is 1. The molecule has 0 bridgehead atoms. The van der Waals surface area contributed by atoms with Gasteiger partial charge in [-0.05, 0) is 6.92 Å². The average Bonchev–Trinajstić information content (AvgIpc) is 1.84. The minimum atomic E-state index is -4.29. The predicted octanol–water partition coefficient (Wildman–Crippen LogP) is 0.701. The van der Waals surface area contributed by atoms with Crippen molar-refractivity contribution in [3.05, 3.63) is 0 Å². The third-order valence-electron chi connectivity index (χ3n) is 0.900. The van der Waals surface area contributed by atoms with E-state index in [2.05, 4.69) is 4.74 Å². The van der Waals surface area contributed by atoms with Gasteiger partial charge in [0.1, 0.15) is 0 Å². The van der Waals surface area contributed by atoms with Gasteiger partial charge in [-0.1, -0.05) is 0 Å². The van der Waals surface area contributed by atoms with E-state index in [1.807, 2.05) is 5.32 Å². The molecule has 0 radical (unpaired) electrons. The molecule has 0 aromatic rings. The van der Waals surface area contributed by atoms with E-state index in [-0.39, 0.29) is 6.61 Å². The summed E-state index contributed by atoms with van der Waals surface area (Å²) >= 11 is 0. The van der Waals surface area contributed by atoms with Gasteiger partial charge in [-0.15, -0.1) is 0 Å². The van der Waals surface area contributed by atoms with Crippen molar-refractivity contribution in [2.45, 2.75) is 13.1 Å². The molecule has 0 atom stereocenters. The van der Waals surface area contributed by atoms with E-state index < -0.39 is 25.2 Å². The van der Waals surface area contributed by atoms with Gasteiger partial charge < -0.3 is 4.74 Å². The summed E-state index contributed by atoms with van der Waals surface area (Å²) in [5.74, 6) is -0.679. The highest BCUT2D eigenvalue weighted by Crippen LogP contribution is 2.11. The van der Waals surface area contributed by atoms with Crippen molar-refractivity contribution in [1.29, 1.82) is 0 Å². The van der Waals surface area contributed by atoms with Gasteiger partial charge in [-0.2, -0.15) is 13.2 Å². The first kappa shape index (κ1) is 11.2. The van der Waals surface area contributed by atoms with Crippen LogP contribution < -0.4 is 5.32 Å². The third-order valence-corrected chi connectivity index (χ3v) is 0.900. The lowest BCUT2D eigenvalue weighted by Gasteiger charge is -2.06. The molecule has 0 aliphatic heterocycles. The van der Waals surface area contributed by atoms with Gasteiger partial charge in [-0.3, -0.25) is 10.1 Å². The average molecular weight is 185 g/mol. The Kier molecular flexibility index (Phi) is 4.65. The van der Waals surface area contributed by atoms with E-state index in [0.29, 0.717) is 0 Å². The minimum Gasteiger partial charge on any atom is -0.465 e. The number of carbonyl (C=O) groups excluding carboxylic acids is 1. The van der Waals surface area contributed by atoms with E-state index in [1.54, 1.807) is 6.92 Å². The standard InChI is InChI=1S/C6H10F3NO2/c1-2-12-5(11)3-10-4-6(7,8)9/h10H,2-4H2,1H3. The van der Waals surface area contributed by atoms with Crippen LogP contribution in [-0.4, -0.2) is 31.8 Å². The molecule has 0 heterocycles. The molecule has 0 spiro atoms. The first-order chi connectivity index (χ1) is 5.45. The number of rotatable bonds is 4. The second-order valence-electron chi connectivity index (χ2n) is 2.02. The Hall–Kier alpha value is -0.780. The number of nitrogens with one attached hydrogen (secondary N) is 1. The predicted molar refractivity (Wildman–Crippen MR) is 35.6 cm³/mol. The number of esters is 1. The lowest BCUT2D eigenvalue weighted by atomic mass is 10.5. The van der Waals surface area contributed by atoms with Gasteiger partial charge >= 0.3 is 12.1 Å². The monoisotopic (exact) mass is 185 g/mol. The number of halogens is 3. The van der Waals surface area contributed by atoms with Crippen molar-refractivity contribution < 1.29 is 22.7 Å². The highest BCUT2D eigenvalue weighted by Gasteiger charge is 2.26. The Balaban J connectivity index is 3.37. The topological polar surface area (TPSA) is 38.3 Å². The zero-order valence-corrected chi connectivity index (χ0v) is 6.57. The molecule has 0 aromatic heterocycles. The molecule has 0 fully saturated rings. The van der Waals surface area contributed by atoms with Crippen molar-refractivity contribution >= 4 is 5.97 Å². The SMILES string of the molecule is CCOC(=O)CNCC(F)(F)F. The Morgan fingerprint density at radius 1 is 1.50 bits per heavy atom. The molecule has 0 rings (SSSR count). The lowest BCUT2D eigenvalue weighted by Crippen LogP contribution is -2.33. The van der Waals surface area contributed by atoms with Gasteiger partial charge in [0.2, 0.25) is 0 Å². The lowest BCUT2D eigenvalue weighted by molar-refractivity contribution is -0.144. The molecule has 0 aliphatic carbocycles. The van der Waals surface area contributed by atoms with E-state index in [4.69, 9.17) is 0 Å². The first-order valence-electron chi connectivity index (χ1n) is 3.39. The molecule has 0 aliphatic rings. The Morgan fingerprint density at radius 2 is 2.08 bits per heavy atom. The van der Waals surface area contributed by atoms with Crippen LogP contribution in [0.25, 0.3) is 0 Å². The van der Waals surface area contributed by atoms with E-state index in [0.717, 1.165) is 0 Å². The second-order valence-corrected chi connectivity index (χ2v) is 2.02. The summed E-state index contributed by atoms with van der Waals surface area (Å²) in [5.41, 5.74) is 0. The van der Waals surface area contributed by atoms with Crippen molar-refractivity contribution in [3.8, 4) is 0 Å². The maximum absolute atomic E-state index is 11.5. The summed E-state index contributed by atoms with van der Waals surface area (Å²) in [6.45, 7) is 0.174. The fourth-order valence-electron chi connectivity index (χ4n) is 0.518. The zero-order chi connectivity index (χ0) is 9.61. The summed E-state index contributed by atoms with van der Waals surface area (Å²) in [7, 11) is 0. The molecule has 3 nitrogen and oxygen atoms in total. The van der Waals surface area contributed by atoms with Crippen LogP contribution in [0.2, 0.25) is 0 Å². The Bertz CT molecular complexity index is 146.